The Labute approximate surface area is 147 Å². The van der Waals surface area contributed by atoms with Crippen LogP contribution in [0, 0.1) is 5.92 Å². The first-order valence-corrected chi connectivity index (χ1v) is 8.45. The Balaban J connectivity index is 1.98. The summed E-state index contributed by atoms with van der Waals surface area (Å²) in [5.41, 5.74) is 2.78. The molecule has 5 heteroatoms. The maximum Gasteiger partial charge on any atom is 0.240 e. The van der Waals surface area contributed by atoms with Gasteiger partial charge >= 0.3 is 0 Å². The van der Waals surface area contributed by atoms with Crippen molar-refractivity contribution in [3.05, 3.63) is 48.5 Å². The van der Waals surface area contributed by atoms with Crippen LogP contribution in [0.3, 0.4) is 0 Å². The number of nitrogens with zero attached hydrogens (tertiary/aromatic N) is 2. The van der Waals surface area contributed by atoms with Gasteiger partial charge in [-0.3, -0.25) is 4.79 Å². The Kier molecular flexibility index (Phi) is 5.03. The number of amides is 1. The van der Waals surface area contributed by atoms with E-state index in [0.29, 0.717) is 12.5 Å². The molecule has 25 heavy (non-hydrogen) atoms. The first-order valence-electron chi connectivity index (χ1n) is 8.45. The number of methoxy groups -OCH3 is 1. The zero-order chi connectivity index (χ0) is 17.8. The number of rotatable bonds is 6. The molecule has 0 aliphatic rings. The Morgan fingerprint density at radius 3 is 2.56 bits per heavy atom. The molecule has 0 saturated carbocycles. The molecule has 3 aromatic rings. The van der Waals surface area contributed by atoms with Gasteiger partial charge in [0.1, 0.15) is 18.1 Å². The van der Waals surface area contributed by atoms with Crippen molar-refractivity contribution >= 4 is 16.9 Å². The zero-order valence-corrected chi connectivity index (χ0v) is 14.8. The van der Waals surface area contributed by atoms with Crippen LogP contribution in [0.25, 0.3) is 22.4 Å². The summed E-state index contributed by atoms with van der Waals surface area (Å²) < 4.78 is 7.19. The lowest BCUT2D eigenvalue weighted by molar-refractivity contribution is -0.121. The molecule has 5 nitrogen and oxygen atoms in total. The standard InChI is InChI=1S/C20H23N3O2/c1-14(2)12-21-19(24)13-23-18-7-5-4-6-17(18)22-20(23)15-8-10-16(25-3)11-9-15/h4-11,14H,12-13H2,1-3H3,(H,21,24). The third-order valence-electron chi connectivity index (χ3n) is 4.01. The quantitative estimate of drug-likeness (QED) is 0.749. The van der Waals surface area contributed by atoms with E-state index in [-0.39, 0.29) is 12.5 Å². The number of para-hydroxylation sites is 2. The van der Waals surface area contributed by atoms with Crippen molar-refractivity contribution in [3.63, 3.8) is 0 Å². The van der Waals surface area contributed by atoms with Crippen LogP contribution in [0.2, 0.25) is 0 Å². The number of ether oxygens (including phenoxy) is 1. The van der Waals surface area contributed by atoms with Gasteiger partial charge < -0.3 is 14.6 Å². The molecule has 0 aliphatic carbocycles. The van der Waals surface area contributed by atoms with Gasteiger partial charge in [0, 0.05) is 12.1 Å². The van der Waals surface area contributed by atoms with Gasteiger partial charge in [-0.1, -0.05) is 26.0 Å². The van der Waals surface area contributed by atoms with Gasteiger partial charge in [0.2, 0.25) is 5.91 Å². The second-order valence-corrected chi connectivity index (χ2v) is 6.44. The third kappa shape index (κ3) is 3.82. The van der Waals surface area contributed by atoms with Crippen LogP contribution < -0.4 is 10.1 Å². The summed E-state index contributed by atoms with van der Waals surface area (Å²) >= 11 is 0. The van der Waals surface area contributed by atoms with Crippen LogP contribution in [-0.4, -0.2) is 29.1 Å². The lowest BCUT2D eigenvalue weighted by atomic mass is 10.2. The predicted octanol–water partition coefficient (Wildman–Crippen LogP) is 3.48. The summed E-state index contributed by atoms with van der Waals surface area (Å²) in [6.07, 6.45) is 0. The van der Waals surface area contributed by atoms with E-state index in [0.717, 1.165) is 28.2 Å². The van der Waals surface area contributed by atoms with E-state index in [9.17, 15) is 4.79 Å². The normalized spacial score (nSPS) is 11.0. The second-order valence-electron chi connectivity index (χ2n) is 6.44. The van der Waals surface area contributed by atoms with Crippen molar-refractivity contribution in [2.45, 2.75) is 20.4 Å². The molecule has 3 rings (SSSR count). The molecule has 0 radical (unpaired) electrons. The van der Waals surface area contributed by atoms with Crippen molar-refractivity contribution < 1.29 is 9.53 Å². The lowest BCUT2D eigenvalue weighted by Gasteiger charge is -2.11. The van der Waals surface area contributed by atoms with Crippen LogP contribution in [0.1, 0.15) is 13.8 Å². The highest BCUT2D eigenvalue weighted by Crippen LogP contribution is 2.26. The monoisotopic (exact) mass is 337 g/mol. The van der Waals surface area contributed by atoms with Gasteiger partial charge in [-0.2, -0.15) is 0 Å². The highest BCUT2D eigenvalue weighted by Gasteiger charge is 2.15. The third-order valence-corrected chi connectivity index (χ3v) is 4.01. The van der Waals surface area contributed by atoms with E-state index in [4.69, 9.17) is 9.72 Å². The molecular weight excluding hydrogens is 314 g/mol. The molecule has 1 aromatic heterocycles. The topological polar surface area (TPSA) is 56.2 Å². The largest absolute Gasteiger partial charge is 0.497 e. The molecule has 1 heterocycles. The summed E-state index contributed by atoms with van der Waals surface area (Å²) in [7, 11) is 1.64. The number of imidazole rings is 1. The zero-order valence-electron chi connectivity index (χ0n) is 14.8. The first kappa shape index (κ1) is 17.0. The number of carbonyl (C=O) groups excluding carboxylic acids is 1. The number of hydrogen-bond donors (Lipinski definition) is 1. The van der Waals surface area contributed by atoms with E-state index < -0.39 is 0 Å². The highest BCUT2D eigenvalue weighted by atomic mass is 16.5. The fourth-order valence-electron chi connectivity index (χ4n) is 2.71. The molecule has 0 aliphatic heterocycles. The fraction of sp³-hybridized carbons (Fsp3) is 0.300. The fourth-order valence-corrected chi connectivity index (χ4v) is 2.71. The lowest BCUT2D eigenvalue weighted by Crippen LogP contribution is -2.30. The molecule has 130 valence electrons. The predicted molar refractivity (Wildman–Crippen MR) is 99.6 cm³/mol. The smallest absolute Gasteiger partial charge is 0.240 e. The van der Waals surface area contributed by atoms with Gasteiger partial charge in [0.25, 0.3) is 0 Å². The van der Waals surface area contributed by atoms with Crippen molar-refractivity contribution in [1.82, 2.24) is 14.9 Å². The van der Waals surface area contributed by atoms with Crippen molar-refractivity contribution in [2.24, 2.45) is 5.92 Å². The average Bonchev–Trinajstić information content (AvgIpc) is 2.98. The molecule has 1 N–H and O–H groups in total. The number of aromatic nitrogens is 2. The Bertz CT molecular complexity index is 866. The van der Waals surface area contributed by atoms with Gasteiger partial charge in [-0.15, -0.1) is 0 Å². The van der Waals surface area contributed by atoms with Crippen LogP contribution in [-0.2, 0) is 11.3 Å². The maximum atomic E-state index is 12.4. The van der Waals surface area contributed by atoms with E-state index >= 15 is 0 Å². The summed E-state index contributed by atoms with van der Waals surface area (Å²) in [4.78, 5) is 17.1. The molecule has 0 fully saturated rings. The van der Waals surface area contributed by atoms with E-state index in [1.54, 1.807) is 7.11 Å². The molecule has 0 saturated heterocycles. The molecule has 1 amide bonds. The minimum Gasteiger partial charge on any atom is -0.497 e. The summed E-state index contributed by atoms with van der Waals surface area (Å²) in [5, 5.41) is 2.97. The Morgan fingerprint density at radius 2 is 1.88 bits per heavy atom. The molecular formula is C20H23N3O2. The molecule has 0 atom stereocenters. The van der Waals surface area contributed by atoms with Crippen LogP contribution >= 0.6 is 0 Å². The molecule has 0 unspecified atom stereocenters. The number of hydrogen-bond acceptors (Lipinski definition) is 3. The number of fused-ring (bicyclic) bond motifs is 1. The number of nitrogens with one attached hydrogen (secondary N) is 1. The van der Waals surface area contributed by atoms with Crippen LogP contribution in [0.5, 0.6) is 5.75 Å². The van der Waals surface area contributed by atoms with Crippen molar-refractivity contribution in [1.29, 1.82) is 0 Å². The molecule has 2 aromatic carbocycles. The van der Waals surface area contributed by atoms with E-state index in [1.807, 2.05) is 53.1 Å². The number of benzene rings is 2. The summed E-state index contributed by atoms with van der Waals surface area (Å²) in [6.45, 7) is 5.07. The van der Waals surface area contributed by atoms with Gasteiger partial charge in [-0.25, -0.2) is 4.98 Å². The average molecular weight is 337 g/mol. The van der Waals surface area contributed by atoms with E-state index in [1.165, 1.54) is 0 Å². The summed E-state index contributed by atoms with van der Waals surface area (Å²) in [5.74, 6) is 1.99. The maximum absolute atomic E-state index is 12.4. The summed E-state index contributed by atoms with van der Waals surface area (Å²) in [6, 6.07) is 15.6. The van der Waals surface area contributed by atoms with Gasteiger partial charge in [0.05, 0.1) is 18.1 Å². The molecule has 0 bridgehead atoms. The molecule has 0 spiro atoms. The van der Waals surface area contributed by atoms with E-state index in [2.05, 4.69) is 19.2 Å². The minimum absolute atomic E-state index is 0.00776. The first-order chi connectivity index (χ1) is 12.1. The van der Waals surface area contributed by atoms with Crippen LogP contribution in [0.15, 0.2) is 48.5 Å². The Morgan fingerprint density at radius 1 is 1.16 bits per heavy atom. The SMILES string of the molecule is COc1ccc(-c2nc3ccccc3n2CC(=O)NCC(C)C)cc1. The number of carbonyl (C=O) groups is 1. The Hall–Kier alpha value is -2.82. The highest BCUT2D eigenvalue weighted by molar-refractivity contribution is 5.84. The van der Waals surface area contributed by atoms with Gasteiger partial charge in [0.15, 0.2) is 0 Å². The minimum atomic E-state index is -0.00776. The second kappa shape index (κ2) is 7.38. The van der Waals surface area contributed by atoms with Crippen molar-refractivity contribution in [2.75, 3.05) is 13.7 Å². The van der Waals surface area contributed by atoms with Crippen molar-refractivity contribution in [3.8, 4) is 17.1 Å². The van der Waals surface area contributed by atoms with Crippen LogP contribution in [0.4, 0.5) is 0 Å². The van der Waals surface area contributed by atoms with Gasteiger partial charge in [-0.05, 0) is 42.3 Å².